The Kier molecular flexibility index (Phi) is 8.34. The third-order valence-electron chi connectivity index (χ3n) is 7.74. The number of esters is 1. The second-order valence-corrected chi connectivity index (χ2v) is 10.5. The minimum absolute atomic E-state index is 0.0792. The first-order valence-corrected chi connectivity index (χ1v) is 13.9. The Morgan fingerprint density at radius 3 is 2.23 bits per heavy atom. The highest BCUT2D eigenvalue weighted by Crippen LogP contribution is 2.33. The highest BCUT2D eigenvalue weighted by Gasteiger charge is 2.32. The zero-order valence-corrected chi connectivity index (χ0v) is 23.1. The number of hydrogen-bond acceptors (Lipinski definition) is 4. The van der Waals surface area contributed by atoms with Crippen molar-refractivity contribution >= 4 is 17.6 Å². The van der Waals surface area contributed by atoms with Gasteiger partial charge < -0.3 is 4.74 Å². The Morgan fingerprint density at radius 1 is 0.923 bits per heavy atom. The van der Waals surface area contributed by atoms with Crippen molar-refractivity contribution in [3.05, 3.63) is 123 Å². The molecule has 3 aromatic carbocycles. The van der Waals surface area contributed by atoms with E-state index >= 15 is 0 Å². The van der Waals surface area contributed by atoms with E-state index in [0.717, 1.165) is 42.7 Å². The van der Waals surface area contributed by atoms with E-state index in [1.165, 1.54) is 5.56 Å². The Bertz CT molecular complexity index is 1440. The molecule has 0 radical (unpaired) electrons. The van der Waals surface area contributed by atoms with E-state index in [-0.39, 0.29) is 23.7 Å². The van der Waals surface area contributed by atoms with E-state index in [2.05, 4.69) is 17.0 Å². The number of rotatable bonds is 8. The molecule has 7 heteroatoms. The van der Waals surface area contributed by atoms with Crippen LogP contribution in [0.1, 0.15) is 61.4 Å². The lowest BCUT2D eigenvalue weighted by atomic mass is 9.88. The Hall–Kier alpha value is -3.61. The molecule has 202 valence electrons. The molecule has 2 atom stereocenters. The standard InChI is InChI=1S/C32H34ClN3O3/c1-3-39-31(37)30(27-7-5-4-6-8-27)34-19-17-26(18-20-34)25-11-15-29(16-12-25)36-22-21-35(32(36)38)23(2)24-9-13-28(33)14-10-24/h4-16,21-23,26,30H,3,17-20H2,1-2H3/t23-,30?/m1/s1. The van der Waals surface area contributed by atoms with Crippen molar-refractivity contribution in [2.45, 2.75) is 44.7 Å². The van der Waals surface area contributed by atoms with Crippen LogP contribution >= 0.6 is 11.6 Å². The van der Waals surface area contributed by atoms with Gasteiger partial charge in [-0.05, 0) is 86.7 Å². The number of carbonyl (C=O) groups excluding carboxylic acids is 1. The molecule has 6 nitrogen and oxygen atoms in total. The van der Waals surface area contributed by atoms with Crippen LogP contribution in [-0.2, 0) is 9.53 Å². The molecule has 1 fully saturated rings. The molecule has 2 heterocycles. The number of carbonyl (C=O) groups is 1. The van der Waals surface area contributed by atoms with Crippen molar-refractivity contribution in [3.63, 3.8) is 0 Å². The molecule has 0 amide bonds. The fraction of sp³-hybridized carbons (Fsp3) is 0.312. The summed E-state index contributed by atoms with van der Waals surface area (Å²) < 4.78 is 8.84. The fourth-order valence-corrected chi connectivity index (χ4v) is 5.66. The molecule has 0 bridgehead atoms. The van der Waals surface area contributed by atoms with Gasteiger partial charge in [0, 0.05) is 17.4 Å². The summed E-state index contributed by atoms with van der Waals surface area (Å²) in [6.45, 7) is 5.86. The van der Waals surface area contributed by atoms with Crippen molar-refractivity contribution in [1.82, 2.24) is 14.0 Å². The van der Waals surface area contributed by atoms with E-state index in [4.69, 9.17) is 16.3 Å². The number of hydrogen-bond donors (Lipinski definition) is 0. The molecular weight excluding hydrogens is 510 g/mol. The van der Waals surface area contributed by atoms with E-state index in [1.54, 1.807) is 9.13 Å². The average molecular weight is 544 g/mol. The molecule has 1 aromatic heterocycles. The normalized spacial score (nSPS) is 16.1. The molecule has 4 aromatic rings. The third-order valence-corrected chi connectivity index (χ3v) is 7.99. The lowest BCUT2D eigenvalue weighted by Gasteiger charge is -2.36. The van der Waals surface area contributed by atoms with Crippen LogP contribution in [0, 0.1) is 0 Å². The van der Waals surface area contributed by atoms with Crippen LogP contribution in [0.5, 0.6) is 0 Å². The van der Waals surface area contributed by atoms with Crippen molar-refractivity contribution in [2.75, 3.05) is 19.7 Å². The van der Waals surface area contributed by atoms with E-state index in [9.17, 15) is 9.59 Å². The number of nitrogens with zero attached hydrogens (tertiary/aromatic N) is 3. The molecule has 1 unspecified atom stereocenters. The summed E-state index contributed by atoms with van der Waals surface area (Å²) in [6.07, 6.45) is 5.56. The largest absolute Gasteiger partial charge is 0.465 e. The van der Waals surface area contributed by atoms with Gasteiger partial charge in [-0.1, -0.05) is 66.2 Å². The van der Waals surface area contributed by atoms with Gasteiger partial charge in [0.15, 0.2) is 0 Å². The number of benzene rings is 3. The predicted octanol–water partition coefficient (Wildman–Crippen LogP) is 6.39. The second-order valence-electron chi connectivity index (χ2n) is 10.1. The third kappa shape index (κ3) is 5.87. The van der Waals surface area contributed by atoms with Gasteiger partial charge in [0.2, 0.25) is 0 Å². The molecule has 1 aliphatic heterocycles. The van der Waals surface area contributed by atoms with Gasteiger partial charge >= 0.3 is 11.7 Å². The van der Waals surface area contributed by atoms with Gasteiger partial charge in [0.1, 0.15) is 6.04 Å². The summed E-state index contributed by atoms with van der Waals surface area (Å²) in [6, 6.07) is 25.3. The molecule has 0 aliphatic carbocycles. The maximum atomic E-state index is 13.2. The summed E-state index contributed by atoms with van der Waals surface area (Å²) in [5, 5.41) is 0.677. The number of piperidine rings is 1. The number of ether oxygens (including phenoxy) is 1. The van der Waals surface area contributed by atoms with Crippen molar-refractivity contribution < 1.29 is 9.53 Å². The first-order chi connectivity index (χ1) is 19.0. The van der Waals surface area contributed by atoms with Crippen molar-refractivity contribution in [2.24, 2.45) is 0 Å². The lowest BCUT2D eigenvalue weighted by molar-refractivity contribution is -0.150. The summed E-state index contributed by atoms with van der Waals surface area (Å²) in [5.74, 6) is 0.217. The molecular formula is C32H34ClN3O3. The average Bonchev–Trinajstić information content (AvgIpc) is 3.35. The summed E-state index contributed by atoms with van der Waals surface area (Å²) in [7, 11) is 0. The van der Waals surface area contributed by atoms with Gasteiger partial charge in [0.25, 0.3) is 0 Å². The number of aromatic nitrogens is 2. The van der Waals surface area contributed by atoms with E-state index in [0.29, 0.717) is 17.5 Å². The Labute approximate surface area is 234 Å². The second kappa shape index (κ2) is 12.1. The van der Waals surface area contributed by atoms with Crippen LogP contribution in [-0.4, -0.2) is 39.7 Å². The van der Waals surface area contributed by atoms with Gasteiger partial charge in [-0.15, -0.1) is 0 Å². The molecule has 0 saturated carbocycles. The SMILES string of the molecule is CCOC(=O)C(c1ccccc1)N1CCC(c2ccc(-n3ccn([C@H](C)c4ccc(Cl)cc4)c3=O)cc2)CC1. The smallest absolute Gasteiger partial charge is 0.333 e. The predicted molar refractivity (Wildman–Crippen MR) is 155 cm³/mol. The number of halogens is 1. The molecule has 39 heavy (non-hydrogen) atoms. The lowest BCUT2D eigenvalue weighted by Crippen LogP contribution is -2.40. The quantitative estimate of drug-likeness (QED) is 0.242. The van der Waals surface area contributed by atoms with Gasteiger partial charge in [-0.2, -0.15) is 0 Å². The van der Waals surface area contributed by atoms with Crippen LogP contribution < -0.4 is 5.69 Å². The zero-order valence-electron chi connectivity index (χ0n) is 22.4. The molecule has 1 aliphatic rings. The molecule has 0 N–H and O–H groups in total. The number of likely N-dealkylation sites (tertiary alicyclic amines) is 1. The number of imidazole rings is 1. The van der Waals surface area contributed by atoms with Gasteiger partial charge in [-0.3, -0.25) is 14.0 Å². The maximum absolute atomic E-state index is 13.2. The van der Waals surface area contributed by atoms with Gasteiger partial charge in [0.05, 0.1) is 18.3 Å². The zero-order chi connectivity index (χ0) is 27.4. The van der Waals surface area contributed by atoms with Crippen LogP contribution in [0.3, 0.4) is 0 Å². The van der Waals surface area contributed by atoms with Crippen molar-refractivity contribution in [3.8, 4) is 5.69 Å². The first kappa shape index (κ1) is 27.0. The highest BCUT2D eigenvalue weighted by atomic mass is 35.5. The van der Waals surface area contributed by atoms with E-state index < -0.39 is 0 Å². The van der Waals surface area contributed by atoms with Crippen LogP contribution in [0.15, 0.2) is 96.1 Å². The van der Waals surface area contributed by atoms with Crippen LogP contribution in [0.25, 0.3) is 5.69 Å². The Morgan fingerprint density at radius 2 is 1.59 bits per heavy atom. The summed E-state index contributed by atoms with van der Waals surface area (Å²) in [5.41, 5.74) is 4.02. The van der Waals surface area contributed by atoms with Crippen molar-refractivity contribution in [1.29, 1.82) is 0 Å². The first-order valence-electron chi connectivity index (χ1n) is 13.6. The van der Waals surface area contributed by atoms with Gasteiger partial charge in [-0.25, -0.2) is 9.59 Å². The van der Waals surface area contributed by atoms with Crippen LogP contribution in [0.2, 0.25) is 5.02 Å². The molecule has 5 rings (SSSR count). The monoisotopic (exact) mass is 543 g/mol. The van der Waals surface area contributed by atoms with Crippen LogP contribution in [0.4, 0.5) is 0 Å². The topological polar surface area (TPSA) is 56.5 Å². The molecule has 0 spiro atoms. The minimum atomic E-state index is -0.374. The summed E-state index contributed by atoms with van der Waals surface area (Å²) >= 11 is 6.02. The maximum Gasteiger partial charge on any atom is 0.333 e. The fourth-order valence-electron chi connectivity index (χ4n) is 5.53. The molecule has 1 saturated heterocycles. The summed E-state index contributed by atoms with van der Waals surface area (Å²) in [4.78, 5) is 28.3. The van der Waals surface area contributed by atoms with E-state index in [1.807, 2.05) is 93.0 Å². The minimum Gasteiger partial charge on any atom is -0.465 e. The Balaban J connectivity index is 1.27. The highest BCUT2D eigenvalue weighted by molar-refractivity contribution is 6.30.